The molecule has 1 aliphatic rings. The van der Waals surface area contributed by atoms with Gasteiger partial charge in [0.15, 0.2) is 0 Å². The fourth-order valence-electron chi connectivity index (χ4n) is 1.93. The largest absolute Gasteiger partial charge is 0.224 e. The van der Waals surface area contributed by atoms with Crippen molar-refractivity contribution in [2.75, 3.05) is 11.2 Å². The highest BCUT2D eigenvalue weighted by Crippen LogP contribution is 2.34. The van der Waals surface area contributed by atoms with Gasteiger partial charge in [-0.15, -0.1) is 11.3 Å². The van der Waals surface area contributed by atoms with E-state index >= 15 is 0 Å². The van der Waals surface area contributed by atoms with Gasteiger partial charge in [-0.25, -0.2) is 8.42 Å². The van der Waals surface area contributed by atoms with Gasteiger partial charge in [-0.1, -0.05) is 15.9 Å². The molecule has 1 atom stereocenters. The monoisotopic (exact) mass is 309 g/mol. The van der Waals surface area contributed by atoms with Crippen molar-refractivity contribution < 1.29 is 8.42 Å². The summed E-state index contributed by atoms with van der Waals surface area (Å²) in [6, 6.07) is 2.00. The summed E-state index contributed by atoms with van der Waals surface area (Å²) in [6.07, 6.45) is 0.837. The van der Waals surface area contributed by atoms with Crippen molar-refractivity contribution >= 4 is 37.3 Å². The van der Waals surface area contributed by atoms with Gasteiger partial charge in [0.05, 0.1) is 0 Å². The fourth-order valence-corrected chi connectivity index (χ4v) is 4.77. The molecule has 2 rings (SSSR count). The van der Waals surface area contributed by atoms with Crippen LogP contribution in [0.5, 0.6) is 0 Å². The van der Waals surface area contributed by atoms with Crippen molar-refractivity contribution in [1.29, 1.82) is 0 Å². The zero-order valence-corrected chi connectivity index (χ0v) is 11.5. The lowest BCUT2D eigenvalue weighted by Gasteiger charge is -2.31. The van der Waals surface area contributed by atoms with E-state index in [1.54, 1.807) is 15.6 Å². The maximum Gasteiger partial charge on any atom is 0.224 e. The fraction of sp³-hybridized carbons (Fsp3) is 0.556. The second-order valence-electron chi connectivity index (χ2n) is 3.56. The first-order valence-electron chi connectivity index (χ1n) is 4.68. The van der Waals surface area contributed by atoms with Gasteiger partial charge in [0.1, 0.15) is 4.66 Å². The Morgan fingerprint density at radius 2 is 2.40 bits per heavy atom. The maximum atomic E-state index is 11.8. The molecule has 84 valence electrons. The third-order valence-electron chi connectivity index (χ3n) is 2.72. The van der Waals surface area contributed by atoms with Crippen molar-refractivity contribution in [2.45, 2.75) is 19.4 Å². The molecule has 2 heterocycles. The van der Waals surface area contributed by atoms with Crippen molar-refractivity contribution in [1.82, 2.24) is 4.31 Å². The third-order valence-corrected chi connectivity index (χ3v) is 6.94. The summed E-state index contributed by atoms with van der Waals surface area (Å²) in [5.41, 5.74) is 1.16. The van der Waals surface area contributed by atoms with E-state index in [-0.39, 0.29) is 10.7 Å². The minimum absolute atomic E-state index is 0.00378. The van der Waals surface area contributed by atoms with Gasteiger partial charge in [0.25, 0.3) is 0 Å². The molecule has 0 aromatic carbocycles. The number of rotatable bonds is 2. The minimum atomic E-state index is -3.14. The van der Waals surface area contributed by atoms with E-state index in [1.165, 1.54) is 4.88 Å². The van der Waals surface area contributed by atoms with Crippen LogP contribution in [0.15, 0.2) is 11.4 Å². The lowest BCUT2D eigenvalue weighted by molar-refractivity contribution is 0.331. The summed E-state index contributed by atoms with van der Waals surface area (Å²) >= 11 is 4.75. The van der Waals surface area contributed by atoms with Gasteiger partial charge in [0, 0.05) is 17.5 Å². The molecule has 0 N–H and O–H groups in total. The predicted molar refractivity (Wildman–Crippen MR) is 65.9 cm³/mol. The highest BCUT2D eigenvalue weighted by atomic mass is 79.9. The standard InChI is InChI=1S/C9H12BrNO2S2/c1-7-8-3-5-14-9(8)2-4-11(7)15(12,13)6-10/h3,5,7H,2,4,6H2,1H3. The average molecular weight is 310 g/mol. The average Bonchev–Trinajstić information content (AvgIpc) is 2.66. The van der Waals surface area contributed by atoms with Crippen LogP contribution in [-0.4, -0.2) is 23.9 Å². The molecule has 0 saturated carbocycles. The van der Waals surface area contributed by atoms with Gasteiger partial charge in [-0.05, 0) is 30.4 Å². The second-order valence-corrected chi connectivity index (χ2v) is 7.78. The van der Waals surface area contributed by atoms with Crippen molar-refractivity contribution in [3.63, 3.8) is 0 Å². The van der Waals surface area contributed by atoms with Crippen LogP contribution in [0.25, 0.3) is 0 Å². The van der Waals surface area contributed by atoms with Gasteiger partial charge < -0.3 is 0 Å². The zero-order valence-electron chi connectivity index (χ0n) is 8.31. The number of fused-ring (bicyclic) bond motifs is 1. The van der Waals surface area contributed by atoms with Gasteiger partial charge >= 0.3 is 0 Å². The Hall–Kier alpha value is 0.0900. The Bertz CT molecular complexity index is 454. The first-order chi connectivity index (χ1) is 7.06. The molecule has 0 aliphatic carbocycles. The minimum Gasteiger partial charge on any atom is -0.211 e. The lowest BCUT2D eigenvalue weighted by atomic mass is 10.0. The molecule has 0 radical (unpaired) electrons. The van der Waals surface area contributed by atoms with Crippen molar-refractivity contribution in [3.8, 4) is 0 Å². The molecular formula is C9H12BrNO2S2. The quantitative estimate of drug-likeness (QED) is 0.786. The molecular weight excluding hydrogens is 298 g/mol. The van der Waals surface area contributed by atoms with Crippen LogP contribution >= 0.6 is 27.3 Å². The van der Waals surface area contributed by atoms with Crippen LogP contribution in [0.2, 0.25) is 0 Å². The van der Waals surface area contributed by atoms with Crippen LogP contribution < -0.4 is 0 Å². The molecule has 6 heteroatoms. The summed E-state index contributed by atoms with van der Waals surface area (Å²) < 4.78 is 25.1. The molecule has 0 spiro atoms. The zero-order chi connectivity index (χ0) is 11.1. The third kappa shape index (κ3) is 2.00. The van der Waals surface area contributed by atoms with Crippen LogP contribution in [0.3, 0.4) is 0 Å². The number of thiophene rings is 1. The summed E-state index contributed by atoms with van der Waals surface area (Å²) in [5, 5.41) is 2.03. The molecule has 1 unspecified atom stereocenters. The molecule has 0 fully saturated rings. The van der Waals surface area contributed by atoms with Gasteiger partial charge in [-0.2, -0.15) is 4.31 Å². The normalized spacial score (nSPS) is 22.7. The summed E-state index contributed by atoms with van der Waals surface area (Å²) in [4.78, 5) is 1.32. The Morgan fingerprint density at radius 3 is 3.07 bits per heavy atom. The summed E-state index contributed by atoms with van der Waals surface area (Å²) in [5.74, 6) is 0. The van der Waals surface area contributed by atoms with E-state index in [1.807, 2.05) is 18.4 Å². The highest BCUT2D eigenvalue weighted by molar-refractivity contribution is 9.10. The van der Waals surface area contributed by atoms with Crippen LogP contribution in [0.1, 0.15) is 23.4 Å². The van der Waals surface area contributed by atoms with Crippen molar-refractivity contribution in [3.05, 3.63) is 21.9 Å². The maximum absolute atomic E-state index is 11.8. The number of halogens is 1. The molecule has 0 amide bonds. The topological polar surface area (TPSA) is 37.4 Å². The Morgan fingerprint density at radius 1 is 1.67 bits per heavy atom. The SMILES string of the molecule is CC1c2ccsc2CCN1S(=O)(=O)CBr. The van der Waals surface area contributed by atoms with Crippen LogP contribution in [0, 0.1) is 0 Å². The predicted octanol–water partition coefficient (Wildman–Crippen LogP) is 2.35. The smallest absolute Gasteiger partial charge is 0.211 e. The Balaban J connectivity index is 2.35. The lowest BCUT2D eigenvalue weighted by Crippen LogP contribution is -2.38. The van der Waals surface area contributed by atoms with E-state index < -0.39 is 10.0 Å². The molecule has 1 aromatic heterocycles. The summed E-state index contributed by atoms with van der Waals surface area (Å²) in [7, 11) is -3.14. The van der Waals surface area contributed by atoms with E-state index in [2.05, 4.69) is 15.9 Å². The van der Waals surface area contributed by atoms with Crippen LogP contribution in [0.4, 0.5) is 0 Å². The Labute approximate surface area is 102 Å². The number of hydrogen-bond donors (Lipinski definition) is 0. The number of sulfonamides is 1. The van der Waals surface area contributed by atoms with Crippen molar-refractivity contribution in [2.24, 2.45) is 0 Å². The molecule has 15 heavy (non-hydrogen) atoms. The number of nitrogens with zero attached hydrogens (tertiary/aromatic N) is 1. The van der Waals surface area contributed by atoms with Gasteiger partial charge in [0.2, 0.25) is 10.0 Å². The summed E-state index contributed by atoms with van der Waals surface area (Å²) in [6.45, 7) is 2.55. The van der Waals surface area contributed by atoms with Gasteiger partial charge in [-0.3, -0.25) is 0 Å². The molecule has 0 saturated heterocycles. The highest BCUT2D eigenvalue weighted by Gasteiger charge is 2.32. The first-order valence-corrected chi connectivity index (χ1v) is 8.29. The number of alkyl halides is 1. The second kappa shape index (κ2) is 4.16. The molecule has 0 bridgehead atoms. The first kappa shape index (κ1) is 11.6. The van der Waals surface area contributed by atoms with E-state index in [9.17, 15) is 8.42 Å². The number of hydrogen-bond acceptors (Lipinski definition) is 3. The van der Waals surface area contributed by atoms with E-state index in [0.717, 1.165) is 12.0 Å². The van der Waals surface area contributed by atoms with E-state index in [4.69, 9.17) is 0 Å². The molecule has 1 aliphatic heterocycles. The molecule has 3 nitrogen and oxygen atoms in total. The van der Waals surface area contributed by atoms with E-state index in [0.29, 0.717) is 6.54 Å². The molecule has 1 aromatic rings. The Kier molecular flexibility index (Phi) is 3.21. The van der Waals surface area contributed by atoms with Crippen LogP contribution in [-0.2, 0) is 16.4 Å².